The minimum Gasteiger partial charge on any atom is -0.329 e. The van der Waals surface area contributed by atoms with E-state index in [4.69, 9.17) is 17.3 Å². The quantitative estimate of drug-likeness (QED) is 0.865. The minimum absolute atomic E-state index is 0.165. The third-order valence-electron chi connectivity index (χ3n) is 3.78. The van der Waals surface area contributed by atoms with Crippen LogP contribution in [-0.2, 0) is 6.42 Å². The number of nitrogens with two attached hydrogens (primary N) is 1. The van der Waals surface area contributed by atoms with E-state index >= 15 is 0 Å². The van der Waals surface area contributed by atoms with Crippen LogP contribution >= 0.6 is 11.6 Å². The van der Waals surface area contributed by atoms with Crippen molar-refractivity contribution in [2.24, 2.45) is 5.73 Å². The van der Waals surface area contributed by atoms with E-state index in [0.29, 0.717) is 0 Å². The Morgan fingerprint density at radius 3 is 2.59 bits per heavy atom. The van der Waals surface area contributed by atoms with Crippen molar-refractivity contribution in [1.82, 2.24) is 5.32 Å². The van der Waals surface area contributed by atoms with Crippen molar-refractivity contribution in [2.75, 3.05) is 13.1 Å². The third-order valence-corrected chi connectivity index (χ3v) is 4.03. The molecule has 0 bridgehead atoms. The fraction of sp³-hybridized carbons (Fsp3) is 0.571. The molecule has 1 aliphatic rings. The van der Waals surface area contributed by atoms with Crippen LogP contribution in [0, 0.1) is 0 Å². The minimum atomic E-state index is 0.165. The van der Waals surface area contributed by atoms with E-state index in [9.17, 15) is 0 Å². The lowest BCUT2D eigenvalue weighted by Gasteiger charge is -2.37. The number of nitrogens with one attached hydrogen (secondary N) is 1. The topological polar surface area (TPSA) is 38.0 Å². The van der Waals surface area contributed by atoms with Crippen molar-refractivity contribution in [1.29, 1.82) is 0 Å². The smallest absolute Gasteiger partial charge is 0.0406 e. The van der Waals surface area contributed by atoms with Crippen LogP contribution in [0.2, 0.25) is 5.02 Å². The summed E-state index contributed by atoms with van der Waals surface area (Å²) in [6, 6.07) is 8.13. The number of piperidine rings is 1. The number of benzene rings is 1. The highest BCUT2D eigenvalue weighted by Gasteiger charge is 2.29. The molecule has 3 N–H and O–H groups in total. The molecular weight excluding hydrogens is 232 g/mol. The third kappa shape index (κ3) is 3.44. The summed E-state index contributed by atoms with van der Waals surface area (Å²) in [6.45, 7) is 1.85. The van der Waals surface area contributed by atoms with Crippen LogP contribution in [0.3, 0.4) is 0 Å². The van der Waals surface area contributed by atoms with Gasteiger partial charge in [0, 0.05) is 17.1 Å². The molecule has 1 atom stereocenters. The molecule has 0 aromatic heterocycles. The van der Waals surface area contributed by atoms with E-state index < -0.39 is 0 Å². The highest BCUT2D eigenvalue weighted by Crippen LogP contribution is 2.24. The molecule has 1 fully saturated rings. The van der Waals surface area contributed by atoms with E-state index in [0.717, 1.165) is 31.0 Å². The van der Waals surface area contributed by atoms with E-state index in [-0.39, 0.29) is 5.54 Å². The molecule has 0 saturated carbocycles. The second kappa shape index (κ2) is 5.85. The number of hydrogen-bond acceptors (Lipinski definition) is 2. The molecule has 0 amide bonds. The van der Waals surface area contributed by atoms with Gasteiger partial charge in [0.05, 0.1) is 0 Å². The molecule has 0 radical (unpaired) electrons. The van der Waals surface area contributed by atoms with Crippen LogP contribution < -0.4 is 11.1 Å². The maximum atomic E-state index is 5.94. The van der Waals surface area contributed by atoms with Crippen LogP contribution in [0.15, 0.2) is 24.3 Å². The maximum absolute atomic E-state index is 5.94. The fourth-order valence-corrected chi connectivity index (χ4v) is 2.68. The molecule has 0 spiro atoms. The van der Waals surface area contributed by atoms with Gasteiger partial charge in [0.1, 0.15) is 0 Å². The van der Waals surface area contributed by atoms with Crippen LogP contribution in [-0.4, -0.2) is 18.6 Å². The van der Waals surface area contributed by atoms with Gasteiger partial charge in [-0.3, -0.25) is 0 Å². The van der Waals surface area contributed by atoms with Crippen molar-refractivity contribution < 1.29 is 0 Å². The van der Waals surface area contributed by atoms with Crippen molar-refractivity contribution in [3.63, 3.8) is 0 Å². The molecule has 1 heterocycles. The number of aryl methyl sites for hydroxylation is 1. The average Bonchev–Trinajstić information content (AvgIpc) is 2.39. The highest BCUT2D eigenvalue weighted by molar-refractivity contribution is 6.30. The molecule has 1 aromatic carbocycles. The predicted octanol–water partition coefficient (Wildman–Crippen LogP) is 2.74. The average molecular weight is 253 g/mol. The van der Waals surface area contributed by atoms with Crippen molar-refractivity contribution in [2.45, 2.75) is 37.6 Å². The Balaban J connectivity index is 1.93. The summed E-state index contributed by atoms with van der Waals surface area (Å²) in [5.41, 5.74) is 7.45. The Bertz CT molecular complexity index is 342. The maximum Gasteiger partial charge on any atom is 0.0406 e. The Kier molecular flexibility index (Phi) is 4.43. The molecule has 0 aliphatic carbocycles. The first-order valence-electron chi connectivity index (χ1n) is 6.44. The van der Waals surface area contributed by atoms with Gasteiger partial charge < -0.3 is 11.1 Å². The van der Waals surface area contributed by atoms with Crippen LogP contribution in [0.1, 0.15) is 31.2 Å². The van der Waals surface area contributed by atoms with Gasteiger partial charge in [-0.05, 0) is 49.9 Å². The van der Waals surface area contributed by atoms with Crippen LogP contribution in [0.4, 0.5) is 0 Å². The van der Waals surface area contributed by atoms with Gasteiger partial charge in [-0.15, -0.1) is 0 Å². The molecular formula is C14H21ClN2. The molecule has 1 aromatic rings. The summed E-state index contributed by atoms with van der Waals surface area (Å²) in [7, 11) is 0. The molecule has 1 aliphatic heterocycles. The van der Waals surface area contributed by atoms with Gasteiger partial charge in [0.25, 0.3) is 0 Å². The summed E-state index contributed by atoms with van der Waals surface area (Å²) < 4.78 is 0. The number of rotatable bonds is 4. The fourth-order valence-electron chi connectivity index (χ4n) is 2.55. The van der Waals surface area contributed by atoms with Crippen molar-refractivity contribution >= 4 is 11.6 Å². The van der Waals surface area contributed by atoms with Gasteiger partial charge >= 0.3 is 0 Å². The van der Waals surface area contributed by atoms with E-state index in [1.807, 2.05) is 12.1 Å². The molecule has 2 rings (SSSR count). The number of hydrogen-bond donors (Lipinski definition) is 2. The normalized spacial score (nSPS) is 24.8. The van der Waals surface area contributed by atoms with Crippen molar-refractivity contribution in [3.05, 3.63) is 34.9 Å². The molecule has 17 heavy (non-hydrogen) atoms. The summed E-state index contributed by atoms with van der Waals surface area (Å²) >= 11 is 5.88. The molecule has 1 saturated heterocycles. The first kappa shape index (κ1) is 12.9. The Hall–Kier alpha value is -0.570. The van der Waals surface area contributed by atoms with Gasteiger partial charge in [-0.1, -0.05) is 30.2 Å². The lowest BCUT2D eigenvalue weighted by Crippen LogP contribution is -2.54. The van der Waals surface area contributed by atoms with E-state index in [1.54, 1.807) is 0 Å². The summed E-state index contributed by atoms with van der Waals surface area (Å²) in [5.74, 6) is 0. The molecule has 2 nitrogen and oxygen atoms in total. The zero-order chi connectivity index (χ0) is 12.1. The molecule has 1 unspecified atom stereocenters. The van der Waals surface area contributed by atoms with Gasteiger partial charge in [0.15, 0.2) is 0 Å². The Morgan fingerprint density at radius 2 is 2.00 bits per heavy atom. The Labute approximate surface area is 109 Å². The van der Waals surface area contributed by atoms with Gasteiger partial charge in [0.2, 0.25) is 0 Å². The second-order valence-electron chi connectivity index (χ2n) is 4.99. The zero-order valence-corrected chi connectivity index (χ0v) is 11.0. The largest absolute Gasteiger partial charge is 0.329 e. The first-order chi connectivity index (χ1) is 8.24. The van der Waals surface area contributed by atoms with Crippen LogP contribution in [0.25, 0.3) is 0 Å². The Morgan fingerprint density at radius 1 is 1.24 bits per heavy atom. The van der Waals surface area contributed by atoms with E-state index in [1.165, 1.54) is 24.8 Å². The van der Waals surface area contributed by atoms with Gasteiger partial charge in [-0.25, -0.2) is 0 Å². The molecule has 94 valence electrons. The summed E-state index contributed by atoms with van der Waals surface area (Å²) in [5, 5.41) is 4.42. The lowest BCUT2D eigenvalue weighted by molar-refractivity contribution is 0.245. The molecule has 3 heteroatoms. The second-order valence-corrected chi connectivity index (χ2v) is 5.43. The summed E-state index contributed by atoms with van der Waals surface area (Å²) in [4.78, 5) is 0. The predicted molar refractivity (Wildman–Crippen MR) is 73.4 cm³/mol. The first-order valence-corrected chi connectivity index (χ1v) is 6.81. The van der Waals surface area contributed by atoms with Gasteiger partial charge in [-0.2, -0.15) is 0 Å². The zero-order valence-electron chi connectivity index (χ0n) is 10.2. The van der Waals surface area contributed by atoms with Crippen LogP contribution in [0.5, 0.6) is 0 Å². The summed E-state index contributed by atoms with van der Waals surface area (Å²) in [6.07, 6.45) is 5.97. The standard InChI is InChI=1S/C14H21ClN2/c15-13-5-3-12(4-6-13)7-9-14(11-16)8-1-2-10-17-14/h3-6,17H,1-2,7-11,16H2. The van der Waals surface area contributed by atoms with E-state index in [2.05, 4.69) is 17.4 Å². The lowest BCUT2D eigenvalue weighted by atomic mass is 9.84. The highest BCUT2D eigenvalue weighted by atomic mass is 35.5. The number of halogens is 1. The van der Waals surface area contributed by atoms with Crippen molar-refractivity contribution in [3.8, 4) is 0 Å². The monoisotopic (exact) mass is 252 g/mol. The SMILES string of the molecule is NCC1(CCc2ccc(Cl)cc2)CCCCN1.